The smallest absolute Gasteiger partial charge is 0.135 e. The molecule has 278 valence electrons. The van der Waals surface area contributed by atoms with Crippen molar-refractivity contribution < 1.29 is 4.42 Å². The van der Waals surface area contributed by atoms with Crippen molar-refractivity contribution in [3.63, 3.8) is 0 Å². The van der Waals surface area contributed by atoms with Crippen LogP contribution in [0.25, 0.3) is 72.5 Å². The van der Waals surface area contributed by atoms with Crippen LogP contribution in [0.15, 0.2) is 144 Å². The van der Waals surface area contributed by atoms with Crippen LogP contribution in [0.5, 0.6) is 0 Å². The van der Waals surface area contributed by atoms with Crippen molar-refractivity contribution in [1.82, 2.24) is 4.57 Å². The Morgan fingerprint density at radius 3 is 1.98 bits per heavy atom. The topological polar surface area (TPSA) is 21.3 Å². The van der Waals surface area contributed by atoms with E-state index in [1.807, 2.05) is 6.92 Å². The largest absolute Gasteiger partial charge is 0.456 e. The first-order valence-corrected chi connectivity index (χ1v) is 20.1. The van der Waals surface area contributed by atoms with Crippen LogP contribution < -0.4 is 4.90 Å². The average molecular weight is 739 g/mol. The van der Waals surface area contributed by atoms with Crippen molar-refractivity contribution in [2.45, 2.75) is 53.4 Å². The lowest BCUT2D eigenvalue weighted by molar-refractivity contribution is 0.603. The lowest BCUT2D eigenvalue weighted by atomic mass is 9.81. The fourth-order valence-electron chi connectivity index (χ4n) is 9.47. The average Bonchev–Trinajstić information content (AvgIpc) is 3.82. The summed E-state index contributed by atoms with van der Waals surface area (Å²) in [5, 5.41) is 6.20. The standard InChI is InChI=1S/C54H46N2O/c1-8-13-40-45-30-37(23-27-52(45)57-51(40)10-3)55(36-20-18-35(9-2)19-21-36)38-22-24-42-46(31-38)54(6,7)47-32-50(39-14-11-12-15-41(39)53(42)47)56-48-25-16-33(4)28-43(48)44-29-34(5)17-26-49(44)56/h8,10-32H,3,9H2,1-2,4-7H3/b13-8-. The summed E-state index contributed by atoms with van der Waals surface area (Å²) in [7, 11) is 0. The van der Waals surface area contributed by atoms with Gasteiger partial charge in [-0.05, 0) is 139 Å². The van der Waals surface area contributed by atoms with E-state index in [0.29, 0.717) is 0 Å². The molecular formula is C54H46N2O. The third-order valence-corrected chi connectivity index (χ3v) is 12.3. The molecule has 2 aromatic heterocycles. The molecule has 9 aromatic rings. The van der Waals surface area contributed by atoms with Gasteiger partial charge in [-0.2, -0.15) is 0 Å². The minimum Gasteiger partial charge on any atom is -0.456 e. The molecule has 10 rings (SSSR count). The number of nitrogens with zero attached hydrogens (tertiary/aromatic N) is 2. The molecule has 0 atom stereocenters. The summed E-state index contributed by atoms with van der Waals surface area (Å²) >= 11 is 0. The van der Waals surface area contributed by atoms with Crippen LogP contribution in [0.2, 0.25) is 0 Å². The molecule has 3 heteroatoms. The fourth-order valence-corrected chi connectivity index (χ4v) is 9.47. The minimum absolute atomic E-state index is 0.268. The molecule has 0 radical (unpaired) electrons. The van der Waals surface area contributed by atoms with Gasteiger partial charge in [0, 0.05) is 49.6 Å². The van der Waals surface area contributed by atoms with E-state index in [9.17, 15) is 0 Å². The zero-order valence-electron chi connectivity index (χ0n) is 33.6. The Kier molecular flexibility index (Phi) is 7.95. The second-order valence-electron chi connectivity index (χ2n) is 16.2. The molecule has 1 aliphatic rings. The zero-order chi connectivity index (χ0) is 39.2. The summed E-state index contributed by atoms with van der Waals surface area (Å²) in [5.41, 5.74) is 17.8. The van der Waals surface area contributed by atoms with Crippen LogP contribution in [-0.2, 0) is 11.8 Å². The highest BCUT2D eigenvalue weighted by atomic mass is 16.3. The van der Waals surface area contributed by atoms with Crippen molar-refractivity contribution >= 4 is 72.8 Å². The van der Waals surface area contributed by atoms with Crippen molar-refractivity contribution in [3.05, 3.63) is 179 Å². The third-order valence-electron chi connectivity index (χ3n) is 12.3. The maximum absolute atomic E-state index is 6.24. The Morgan fingerprint density at radius 2 is 1.32 bits per heavy atom. The molecule has 0 unspecified atom stereocenters. The molecule has 0 saturated heterocycles. The first kappa shape index (κ1) is 34.9. The Morgan fingerprint density at radius 1 is 0.667 bits per heavy atom. The van der Waals surface area contributed by atoms with Crippen molar-refractivity contribution in [2.75, 3.05) is 4.90 Å². The summed E-state index contributed by atoms with van der Waals surface area (Å²) in [6.45, 7) is 17.5. The van der Waals surface area contributed by atoms with E-state index >= 15 is 0 Å². The fraction of sp³-hybridized carbons (Fsp3) is 0.148. The first-order chi connectivity index (χ1) is 27.7. The molecule has 3 nitrogen and oxygen atoms in total. The molecule has 0 saturated carbocycles. The molecule has 57 heavy (non-hydrogen) atoms. The van der Waals surface area contributed by atoms with Gasteiger partial charge in [-0.15, -0.1) is 0 Å². The molecule has 0 bridgehead atoms. The summed E-state index contributed by atoms with van der Waals surface area (Å²) in [5.74, 6) is 0.786. The highest BCUT2D eigenvalue weighted by molar-refractivity contribution is 6.13. The number of hydrogen-bond acceptors (Lipinski definition) is 2. The minimum atomic E-state index is -0.268. The summed E-state index contributed by atoms with van der Waals surface area (Å²) in [6.07, 6.45) is 6.97. The van der Waals surface area contributed by atoms with E-state index in [-0.39, 0.29) is 5.41 Å². The second-order valence-corrected chi connectivity index (χ2v) is 16.2. The predicted molar refractivity (Wildman–Crippen MR) is 244 cm³/mol. The molecular weight excluding hydrogens is 693 g/mol. The number of allylic oxidation sites excluding steroid dienone is 1. The second kappa shape index (κ2) is 13.0. The van der Waals surface area contributed by atoms with Crippen LogP contribution in [0.3, 0.4) is 0 Å². The monoisotopic (exact) mass is 738 g/mol. The molecule has 0 spiro atoms. The maximum Gasteiger partial charge on any atom is 0.135 e. The maximum atomic E-state index is 6.24. The number of benzene rings is 7. The normalized spacial score (nSPS) is 13.3. The van der Waals surface area contributed by atoms with E-state index < -0.39 is 0 Å². The van der Waals surface area contributed by atoms with Crippen molar-refractivity contribution in [2.24, 2.45) is 0 Å². The third kappa shape index (κ3) is 5.26. The van der Waals surface area contributed by atoms with Gasteiger partial charge >= 0.3 is 0 Å². The van der Waals surface area contributed by atoms with Gasteiger partial charge in [0.1, 0.15) is 11.3 Å². The van der Waals surface area contributed by atoms with Gasteiger partial charge in [-0.3, -0.25) is 0 Å². The Hall–Kier alpha value is -6.58. The van der Waals surface area contributed by atoms with Gasteiger partial charge in [0.2, 0.25) is 0 Å². The van der Waals surface area contributed by atoms with Gasteiger partial charge in [-0.25, -0.2) is 0 Å². The van der Waals surface area contributed by atoms with Crippen LogP contribution in [0.4, 0.5) is 17.1 Å². The number of aromatic nitrogens is 1. The summed E-state index contributed by atoms with van der Waals surface area (Å²) in [6, 6.07) is 47.9. The van der Waals surface area contributed by atoms with Gasteiger partial charge in [0.25, 0.3) is 0 Å². The van der Waals surface area contributed by atoms with Gasteiger partial charge < -0.3 is 13.9 Å². The Labute approximate surface area is 334 Å². The Balaban J connectivity index is 1.19. The molecule has 0 N–H and O–H groups in total. The summed E-state index contributed by atoms with van der Waals surface area (Å²) < 4.78 is 8.74. The van der Waals surface area contributed by atoms with Crippen LogP contribution in [0.1, 0.15) is 66.8 Å². The molecule has 0 fully saturated rings. The SMILES string of the molecule is C=Cc1oc2ccc(N(c3ccc(CC)cc3)c3ccc4c(c3)C(C)(C)c3cc(-n5c6ccc(C)cc6c6cc(C)ccc65)c5ccccc5c3-4)cc2c1/C=C\C. The number of hydrogen-bond donors (Lipinski definition) is 0. The number of rotatable bonds is 7. The quantitative estimate of drug-likeness (QED) is 0.162. The lowest BCUT2D eigenvalue weighted by Gasteiger charge is -2.28. The van der Waals surface area contributed by atoms with E-state index in [0.717, 1.165) is 45.8 Å². The van der Waals surface area contributed by atoms with Crippen molar-refractivity contribution in [3.8, 4) is 16.8 Å². The molecule has 7 aromatic carbocycles. The van der Waals surface area contributed by atoms with E-state index in [4.69, 9.17) is 4.42 Å². The van der Waals surface area contributed by atoms with Gasteiger partial charge in [-0.1, -0.05) is 105 Å². The van der Waals surface area contributed by atoms with Crippen LogP contribution in [0, 0.1) is 13.8 Å². The van der Waals surface area contributed by atoms with Gasteiger partial charge in [0.05, 0.1) is 16.7 Å². The summed E-state index contributed by atoms with van der Waals surface area (Å²) in [4.78, 5) is 2.39. The van der Waals surface area contributed by atoms with Crippen molar-refractivity contribution in [1.29, 1.82) is 0 Å². The highest BCUT2D eigenvalue weighted by Crippen LogP contribution is 2.54. The lowest BCUT2D eigenvalue weighted by Crippen LogP contribution is -2.17. The van der Waals surface area contributed by atoms with Crippen LogP contribution in [-0.4, -0.2) is 4.57 Å². The van der Waals surface area contributed by atoms with E-state index in [1.54, 1.807) is 6.08 Å². The van der Waals surface area contributed by atoms with E-state index in [1.165, 1.54) is 77.2 Å². The number of fused-ring (bicyclic) bond motifs is 9. The number of furan rings is 1. The number of aryl methyl sites for hydroxylation is 3. The zero-order valence-corrected chi connectivity index (χ0v) is 33.6. The highest BCUT2D eigenvalue weighted by Gasteiger charge is 2.38. The Bertz CT molecular complexity index is 3070. The van der Waals surface area contributed by atoms with E-state index in [2.05, 4.69) is 190 Å². The van der Waals surface area contributed by atoms with Crippen LogP contribution >= 0.6 is 0 Å². The molecule has 2 heterocycles. The molecule has 0 aliphatic heterocycles. The molecule has 1 aliphatic carbocycles. The van der Waals surface area contributed by atoms with Gasteiger partial charge in [0.15, 0.2) is 0 Å². The first-order valence-electron chi connectivity index (χ1n) is 20.1. The number of anilines is 3. The molecule has 0 amide bonds. The predicted octanol–water partition coefficient (Wildman–Crippen LogP) is 15.3.